The molecule has 0 aromatic heterocycles. The van der Waals surface area contributed by atoms with E-state index in [1.165, 1.54) is 0 Å². The maximum Gasteiger partial charge on any atom is 0.222 e. The summed E-state index contributed by atoms with van der Waals surface area (Å²) < 4.78 is 43.0. The van der Waals surface area contributed by atoms with E-state index in [0.29, 0.717) is 125 Å². The molecule has 0 heterocycles. The molecule has 0 radical (unpaired) electrons. The molecular weight excluding hydrogens is 474 g/mol. The average molecular weight is 526 g/mol. The van der Waals surface area contributed by atoms with E-state index in [1.807, 2.05) is 20.8 Å². The summed E-state index contributed by atoms with van der Waals surface area (Å²) in [5.41, 5.74) is 0. The molecule has 0 unspecified atom stereocenters. The molecule has 11 heteroatoms. The van der Waals surface area contributed by atoms with Gasteiger partial charge in [-0.1, -0.05) is 20.8 Å². The van der Waals surface area contributed by atoms with E-state index < -0.39 is 0 Å². The number of hydrogen-bond acceptors (Lipinski definition) is 10. The fourth-order valence-corrected chi connectivity index (χ4v) is 2.29. The van der Waals surface area contributed by atoms with Crippen molar-refractivity contribution in [3.8, 4) is 0 Å². The van der Waals surface area contributed by atoms with Crippen LogP contribution in [0.5, 0.6) is 0 Å². The Balaban J connectivity index is 0. The van der Waals surface area contributed by atoms with E-state index in [-0.39, 0.29) is 11.7 Å². The fourth-order valence-electron chi connectivity index (χ4n) is 2.29. The van der Waals surface area contributed by atoms with Crippen molar-refractivity contribution in [3.05, 3.63) is 0 Å². The molecule has 36 heavy (non-hydrogen) atoms. The van der Waals surface area contributed by atoms with Gasteiger partial charge in [-0.05, 0) is 0 Å². The summed E-state index contributed by atoms with van der Waals surface area (Å²) in [6, 6.07) is 0. The molecule has 0 aliphatic carbocycles. The van der Waals surface area contributed by atoms with Gasteiger partial charge in [0, 0.05) is 26.3 Å². The molecule has 0 aliphatic rings. The van der Waals surface area contributed by atoms with Crippen LogP contribution in [0.3, 0.4) is 0 Å². The summed E-state index contributed by atoms with van der Waals surface area (Å²) in [6.45, 7) is 13.6. The van der Waals surface area contributed by atoms with Gasteiger partial charge in [0.1, 0.15) is 5.78 Å². The number of carbonyl (C=O) groups is 2. The predicted molar refractivity (Wildman–Crippen MR) is 136 cm³/mol. The van der Waals surface area contributed by atoms with Gasteiger partial charge in [-0.15, -0.1) is 0 Å². The largest absolute Gasteiger partial charge is 0.379 e. The van der Waals surface area contributed by atoms with E-state index in [4.69, 9.17) is 37.9 Å². The first-order chi connectivity index (χ1) is 17.7. The summed E-state index contributed by atoms with van der Waals surface area (Å²) >= 11 is 0. The molecule has 0 fully saturated rings. The highest BCUT2D eigenvalue weighted by Gasteiger charge is 1.99. The van der Waals surface area contributed by atoms with E-state index in [9.17, 15) is 9.59 Å². The van der Waals surface area contributed by atoms with Crippen molar-refractivity contribution in [2.45, 2.75) is 40.0 Å². The van der Waals surface area contributed by atoms with Crippen molar-refractivity contribution >= 4 is 11.7 Å². The standard InChI is InChI=1S/C23H45NO10.C2H6/c1-3-22(25)4-6-27-8-10-29-12-14-31-16-18-33-20-21-34-19-17-32-15-13-30-11-9-28-7-5-23(26)24-2;1-2/h3-21H2,1-2H3,(H,24,26);1-2H3. The van der Waals surface area contributed by atoms with Crippen molar-refractivity contribution < 1.29 is 47.5 Å². The van der Waals surface area contributed by atoms with Gasteiger partial charge < -0.3 is 43.2 Å². The van der Waals surface area contributed by atoms with Crippen molar-refractivity contribution in [3.63, 3.8) is 0 Å². The number of rotatable bonds is 28. The lowest BCUT2D eigenvalue weighted by molar-refractivity contribution is -0.122. The number of nitrogens with one attached hydrogen (secondary N) is 1. The Kier molecular flexibility index (Phi) is 34.7. The molecule has 11 nitrogen and oxygen atoms in total. The van der Waals surface area contributed by atoms with Crippen LogP contribution in [-0.2, 0) is 47.5 Å². The highest BCUT2D eigenvalue weighted by Crippen LogP contribution is 1.90. The van der Waals surface area contributed by atoms with Crippen LogP contribution < -0.4 is 5.32 Å². The maximum atomic E-state index is 11.1. The zero-order valence-corrected chi connectivity index (χ0v) is 23.0. The summed E-state index contributed by atoms with van der Waals surface area (Å²) in [4.78, 5) is 22.1. The fraction of sp³-hybridized carbons (Fsp3) is 0.920. The van der Waals surface area contributed by atoms with Crippen molar-refractivity contribution in [2.24, 2.45) is 0 Å². The van der Waals surface area contributed by atoms with Gasteiger partial charge in [-0.25, -0.2) is 0 Å². The molecule has 0 atom stereocenters. The van der Waals surface area contributed by atoms with Crippen LogP contribution >= 0.6 is 0 Å². The van der Waals surface area contributed by atoms with Crippen LogP contribution in [0.2, 0.25) is 0 Å². The molecule has 216 valence electrons. The maximum absolute atomic E-state index is 11.1. The normalized spacial score (nSPS) is 10.7. The van der Waals surface area contributed by atoms with Crippen LogP contribution in [-0.4, -0.2) is 124 Å². The molecular formula is C25H51NO10. The van der Waals surface area contributed by atoms with Gasteiger partial charge in [0.25, 0.3) is 0 Å². The quantitative estimate of drug-likeness (QED) is 0.151. The van der Waals surface area contributed by atoms with E-state index in [1.54, 1.807) is 7.05 Å². The monoisotopic (exact) mass is 525 g/mol. The van der Waals surface area contributed by atoms with E-state index >= 15 is 0 Å². The molecule has 0 bridgehead atoms. The molecule has 0 rings (SSSR count). The second-order valence-electron chi connectivity index (χ2n) is 6.96. The summed E-state index contributed by atoms with van der Waals surface area (Å²) in [5.74, 6) is 0.178. The lowest BCUT2D eigenvalue weighted by atomic mass is 10.2. The summed E-state index contributed by atoms with van der Waals surface area (Å²) in [6.07, 6.45) is 1.38. The first-order valence-corrected chi connectivity index (χ1v) is 13.0. The van der Waals surface area contributed by atoms with Crippen LogP contribution in [0, 0.1) is 0 Å². The Morgan fingerprint density at radius 3 is 0.972 bits per heavy atom. The summed E-state index contributed by atoms with van der Waals surface area (Å²) in [5, 5.41) is 2.53. The average Bonchev–Trinajstić information content (AvgIpc) is 2.91. The molecule has 0 aromatic rings. The number of carbonyl (C=O) groups excluding carboxylic acids is 2. The number of ether oxygens (including phenoxy) is 8. The molecule has 0 aromatic carbocycles. The zero-order valence-electron chi connectivity index (χ0n) is 23.0. The third-order valence-corrected chi connectivity index (χ3v) is 4.28. The second kappa shape index (κ2) is 33.8. The smallest absolute Gasteiger partial charge is 0.222 e. The Labute approximate surface area is 217 Å². The lowest BCUT2D eigenvalue weighted by Crippen LogP contribution is -2.20. The Bertz CT molecular complexity index is 415. The summed E-state index contributed by atoms with van der Waals surface area (Å²) in [7, 11) is 1.60. The zero-order chi connectivity index (χ0) is 27.0. The molecule has 0 spiro atoms. The van der Waals surface area contributed by atoms with Gasteiger partial charge in [0.2, 0.25) is 5.91 Å². The van der Waals surface area contributed by atoms with Gasteiger partial charge >= 0.3 is 0 Å². The van der Waals surface area contributed by atoms with Gasteiger partial charge in [0.05, 0.1) is 106 Å². The number of hydrogen-bond donors (Lipinski definition) is 1. The Morgan fingerprint density at radius 2 is 0.722 bits per heavy atom. The highest BCUT2D eigenvalue weighted by molar-refractivity contribution is 5.78. The number of amides is 1. The molecule has 1 N–H and O–H groups in total. The third-order valence-electron chi connectivity index (χ3n) is 4.28. The van der Waals surface area contributed by atoms with Crippen molar-refractivity contribution in [2.75, 3.05) is 113 Å². The minimum absolute atomic E-state index is 0.0355. The van der Waals surface area contributed by atoms with Crippen LogP contribution in [0.25, 0.3) is 0 Å². The second-order valence-corrected chi connectivity index (χ2v) is 6.96. The van der Waals surface area contributed by atoms with Crippen molar-refractivity contribution in [1.29, 1.82) is 0 Å². The molecule has 0 aliphatic heterocycles. The number of ketones is 1. The van der Waals surface area contributed by atoms with E-state index in [2.05, 4.69) is 5.32 Å². The van der Waals surface area contributed by atoms with Crippen molar-refractivity contribution in [1.82, 2.24) is 5.32 Å². The Morgan fingerprint density at radius 1 is 0.472 bits per heavy atom. The predicted octanol–water partition coefficient (Wildman–Crippen LogP) is 1.65. The first kappa shape index (κ1) is 37.0. The SMILES string of the molecule is CC.CCC(=O)CCOCCOCCOCCOCCOCCOCCOCCOCCC(=O)NC. The minimum Gasteiger partial charge on any atom is -0.379 e. The topological polar surface area (TPSA) is 120 Å². The van der Waals surface area contributed by atoms with Crippen LogP contribution in [0.4, 0.5) is 0 Å². The molecule has 0 saturated heterocycles. The highest BCUT2D eigenvalue weighted by atomic mass is 16.6. The van der Waals surface area contributed by atoms with Crippen LogP contribution in [0.15, 0.2) is 0 Å². The Hall–Kier alpha value is -1.18. The van der Waals surface area contributed by atoms with Gasteiger partial charge in [0.15, 0.2) is 0 Å². The van der Waals surface area contributed by atoms with Gasteiger partial charge in [-0.2, -0.15) is 0 Å². The number of Topliss-reactive ketones (excluding diaryl/α,β-unsaturated/α-hetero) is 1. The first-order valence-electron chi connectivity index (χ1n) is 13.0. The third kappa shape index (κ3) is 32.8. The lowest BCUT2D eigenvalue weighted by Gasteiger charge is -2.08. The van der Waals surface area contributed by atoms with Gasteiger partial charge in [-0.3, -0.25) is 9.59 Å². The van der Waals surface area contributed by atoms with Crippen LogP contribution in [0.1, 0.15) is 40.0 Å². The molecule has 1 amide bonds. The molecule has 0 saturated carbocycles. The minimum atomic E-state index is -0.0355. The van der Waals surface area contributed by atoms with E-state index in [0.717, 1.165) is 0 Å².